The molecule has 2 amide bonds. The second kappa shape index (κ2) is 8.44. The normalized spacial score (nSPS) is 16.2. The Labute approximate surface area is 173 Å². The quantitative estimate of drug-likeness (QED) is 0.762. The highest BCUT2D eigenvalue weighted by atomic mass is 16.6. The molecule has 2 heterocycles. The lowest BCUT2D eigenvalue weighted by molar-refractivity contribution is -0.123. The molecule has 30 heavy (non-hydrogen) atoms. The largest absolute Gasteiger partial charge is 0.486 e. The number of nitrogens with one attached hydrogen (secondary N) is 1. The molecule has 2 aliphatic rings. The first-order chi connectivity index (χ1) is 14.5. The van der Waals surface area contributed by atoms with Crippen molar-refractivity contribution in [3.8, 4) is 11.5 Å². The van der Waals surface area contributed by atoms with E-state index in [1.165, 1.54) is 6.92 Å². The Hall–Kier alpha value is -3.55. The Morgan fingerprint density at radius 1 is 1.07 bits per heavy atom. The molecule has 0 radical (unpaired) electrons. The van der Waals surface area contributed by atoms with Gasteiger partial charge in [0.1, 0.15) is 13.2 Å². The fourth-order valence-corrected chi connectivity index (χ4v) is 3.35. The van der Waals surface area contributed by atoms with Crippen LogP contribution in [0.15, 0.2) is 42.5 Å². The lowest BCUT2D eigenvalue weighted by atomic mass is 10.2. The monoisotopic (exact) mass is 410 g/mol. The maximum absolute atomic E-state index is 12.4. The minimum atomic E-state index is -0.995. The molecule has 4 rings (SSSR count). The molecular formula is C22H22N2O6. The van der Waals surface area contributed by atoms with Gasteiger partial charge in [-0.3, -0.25) is 9.59 Å². The Morgan fingerprint density at radius 3 is 2.50 bits per heavy atom. The molecule has 8 heteroatoms. The fourth-order valence-electron chi connectivity index (χ4n) is 3.35. The predicted octanol–water partition coefficient (Wildman–Crippen LogP) is 2.77. The van der Waals surface area contributed by atoms with Crippen LogP contribution in [0, 0.1) is 0 Å². The number of hydrogen-bond acceptors (Lipinski definition) is 6. The van der Waals surface area contributed by atoms with E-state index in [0.29, 0.717) is 48.9 Å². The van der Waals surface area contributed by atoms with E-state index in [1.807, 2.05) is 0 Å². The number of amides is 2. The summed E-state index contributed by atoms with van der Waals surface area (Å²) in [5.74, 6) is 0.186. The van der Waals surface area contributed by atoms with E-state index in [4.69, 9.17) is 14.2 Å². The zero-order valence-electron chi connectivity index (χ0n) is 16.6. The zero-order valence-corrected chi connectivity index (χ0v) is 16.6. The number of rotatable bonds is 5. The molecule has 0 spiro atoms. The molecule has 0 aliphatic carbocycles. The van der Waals surface area contributed by atoms with Crippen molar-refractivity contribution in [1.82, 2.24) is 0 Å². The van der Waals surface area contributed by atoms with Gasteiger partial charge < -0.3 is 24.4 Å². The van der Waals surface area contributed by atoms with Gasteiger partial charge in [-0.1, -0.05) is 0 Å². The van der Waals surface area contributed by atoms with E-state index < -0.39 is 18.0 Å². The van der Waals surface area contributed by atoms with Crippen LogP contribution < -0.4 is 19.7 Å². The van der Waals surface area contributed by atoms with Gasteiger partial charge in [0.15, 0.2) is 17.6 Å². The van der Waals surface area contributed by atoms with Crippen LogP contribution in [0.2, 0.25) is 0 Å². The average Bonchev–Trinajstić information content (AvgIpc) is 3.19. The maximum atomic E-state index is 12.4. The highest BCUT2D eigenvalue weighted by Gasteiger charge is 2.23. The molecule has 1 N–H and O–H groups in total. The number of nitrogens with zero attached hydrogens (tertiary/aromatic N) is 1. The molecule has 1 fully saturated rings. The molecule has 0 bridgehead atoms. The number of hydrogen-bond donors (Lipinski definition) is 1. The van der Waals surface area contributed by atoms with Gasteiger partial charge in [0, 0.05) is 30.4 Å². The van der Waals surface area contributed by atoms with E-state index in [-0.39, 0.29) is 5.91 Å². The van der Waals surface area contributed by atoms with Crippen LogP contribution in [-0.2, 0) is 14.3 Å². The molecule has 2 aromatic carbocycles. The smallest absolute Gasteiger partial charge is 0.338 e. The van der Waals surface area contributed by atoms with Crippen LogP contribution in [0.4, 0.5) is 11.4 Å². The number of esters is 1. The van der Waals surface area contributed by atoms with Crippen LogP contribution in [0.25, 0.3) is 0 Å². The summed E-state index contributed by atoms with van der Waals surface area (Å²) in [5.41, 5.74) is 1.58. The predicted molar refractivity (Wildman–Crippen MR) is 109 cm³/mol. The summed E-state index contributed by atoms with van der Waals surface area (Å²) in [4.78, 5) is 38.3. The molecule has 1 atom stereocenters. The van der Waals surface area contributed by atoms with Crippen molar-refractivity contribution in [2.24, 2.45) is 0 Å². The lowest BCUT2D eigenvalue weighted by Crippen LogP contribution is -2.30. The Bertz CT molecular complexity index is 972. The standard InChI is InChI=1S/C22H22N2O6/c1-14(21(26)23-16-6-9-18-19(13-16)29-12-11-28-18)30-22(27)15-4-7-17(8-5-15)24-10-2-3-20(24)25/h4-9,13-14H,2-3,10-12H2,1H3,(H,23,26). The summed E-state index contributed by atoms with van der Waals surface area (Å²) in [5, 5.41) is 2.70. The van der Waals surface area contributed by atoms with Crippen molar-refractivity contribution in [3.05, 3.63) is 48.0 Å². The van der Waals surface area contributed by atoms with E-state index >= 15 is 0 Å². The van der Waals surface area contributed by atoms with Gasteiger partial charge in [0.05, 0.1) is 5.56 Å². The Morgan fingerprint density at radius 2 is 1.80 bits per heavy atom. The second-order valence-electron chi connectivity index (χ2n) is 7.09. The summed E-state index contributed by atoms with van der Waals surface area (Å²) in [6.45, 7) is 3.12. The third-order valence-corrected chi connectivity index (χ3v) is 4.95. The van der Waals surface area contributed by atoms with Crippen molar-refractivity contribution in [3.63, 3.8) is 0 Å². The SMILES string of the molecule is CC(OC(=O)c1ccc(N2CCCC2=O)cc1)C(=O)Nc1ccc2c(c1)OCCO2. The van der Waals surface area contributed by atoms with Crippen LogP contribution >= 0.6 is 0 Å². The molecule has 2 aliphatic heterocycles. The van der Waals surface area contributed by atoms with Gasteiger partial charge in [-0.2, -0.15) is 0 Å². The van der Waals surface area contributed by atoms with Crippen molar-refractivity contribution in [1.29, 1.82) is 0 Å². The van der Waals surface area contributed by atoms with E-state index in [1.54, 1.807) is 47.4 Å². The van der Waals surface area contributed by atoms with Crippen LogP contribution in [-0.4, -0.2) is 43.6 Å². The van der Waals surface area contributed by atoms with Gasteiger partial charge in [-0.05, 0) is 49.7 Å². The van der Waals surface area contributed by atoms with Gasteiger partial charge in [0.25, 0.3) is 5.91 Å². The first-order valence-corrected chi connectivity index (χ1v) is 9.83. The summed E-state index contributed by atoms with van der Waals surface area (Å²) >= 11 is 0. The van der Waals surface area contributed by atoms with Gasteiger partial charge in [0.2, 0.25) is 5.91 Å². The van der Waals surface area contributed by atoms with Gasteiger partial charge in [-0.15, -0.1) is 0 Å². The van der Waals surface area contributed by atoms with Crippen molar-refractivity contribution >= 4 is 29.2 Å². The molecular weight excluding hydrogens is 388 g/mol. The van der Waals surface area contributed by atoms with E-state index in [0.717, 1.165) is 12.1 Å². The Balaban J connectivity index is 1.34. The van der Waals surface area contributed by atoms with Crippen LogP contribution in [0.1, 0.15) is 30.1 Å². The van der Waals surface area contributed by atoms with Crippen LogP contribution in [0.3, 0.4) is 0 Å². The third-order valence-electron chi connectivity index (χ3n) is 4.95. The number of ether oxygens (including phenoxy) is 3. The summed E-state index contributed by atoms with van der Waals surface area (Å²) < 4.78 is 16.2. The molecule has 0 aromatic heterocycles. The molecule has 1 unspecified atom stereocenters. The minimum absolute atomic E-state index is 0.0785. The van der Waals surface area contributed by atoms with Gasteiger partial charge in [-0.25, -0.2) is 4.79 Å². The van der Waals surface area contributed by atoms with Crippen molar-refractivity contribution in [2.75, 3.05) is 30.0 Å². The molecule has 8 nitrogen and oxygen atoms in total. The molecule has 1 saturated heterocycles. The molecule has 156 valence electrons. The first kappa shape index (κ1) is 19.8. The average molecular weight is 410 g/mol. The van der Waals surface area contributed by atoms with E-state index in [2.05, 4.69) is 5.32 Å². The van der Waals surface area contributed by atoms with Crippen molar-refractivity contribution in [2.45, 2.75) is 25.9 Å². The van der Waals surface area contributed by atoms with Crippen LogP contribution in [0.5, 0.6) is 11.5 Å². The number of benzene rings is 2. The Kier molecular flexibility index (Phi) is 5.56. The number of anilines is 2. The number of carbonyl (C=O) groups is 3. The minimum Gasteiger partial charge on any atom is -0.486 e. The first-order valence-electron chi connectivity index (χ1n) is 9.83. The topological polar surface area (TPSA) is 94.2 Å². The fraction of sp³-hybridized carbons (Fsp3) is 0.318. The highest BCUT2D eigenvalue weighted by Crippen LogP contribution is 2.32. The number of carbonyl (C=O) groups excluding carboxylic acids is 3. The summed E-state index contributed by atoms with van der Waals surface area (Å²) in [7, 11) is 0. The third kappa shape index (κ3) is 4.22. The number of fused-ring (bicyclic) bond motifs is 1. The zero-order chi connectivity index (χ0) is 21.1. The lowest BCUT2D eigenvalue weighted by Gasteiger charge is -2.19. The molecule has 2 aromatic rings. The summed E-state index contributed by atoms with van der Waals surface area (Å²) in [6.07, 6.45) is 0.379. The van der Waals surface area contributed by atoms with Crippen molar-refractivity contribution < 1.29 is 28.6 Å². The van der Waals surface area contributed by atoms with E-state index in [9.17, 15) is 14.4 Å². The second-order valence-corrected chi connectivity index (χ2v) is 7.09. The molecule has 0 saturated carbocycles. The maximum Gasteiger partial charge on any atom is 0.338 e. The highest BCUT2D eigenvalue weighted by molar-refractivity contribution is 5.98. The van der Waals surface area contributed by atoms with Gasteiger partial charge >= 0.3 is 5.97 Å². The summed E-state index contributed by atoms with van der Waals surface area (Å²) in [6, 6.07) is 11.7.